The van der Waals surface area contributed by atoms with Crippen molar-refractivity contribution in [3.05, 3.63) is 68.6 Å². The Labute approximate surface area is 175 Å². The zero-order chi connectivity index (χ0) is 20.8. The molecule has 0 aliphatic carbocycles. The van der Waals surface area contributed by atoms with Crippen LogP contribution in [0.3, 0.4) is 0 Å². The smallest absolute Gasteiger partial charge is 0.349 e. The summed E-state index contributed by atoms with van der Waals surface area (Å²) >= 11 is 6.23. The van der Waals surface area contributed by atoms with E-state index in [2.05, 4.69) is 31.9 Å². The number of hydrogen-bond acceptors (Lipinski definition) is 6. The molecule has 0 aliphatic heterocycles. The van der Waals surface area contributed by atoms with Crippen LogP contribution in [0.25, 0.3) is 0 Å². The minimum Gasteiger partial charge on any atom is -0.478 e. The lowest BCUT2D eigenvalue weighted by Crippen LogP contribution is -2.46. The summed E-state index contributed by atoms with van der Waals surface area (Å²) in [5, 5.41) is 18.7. The minimum absolute atomic E-state index is 0.0185. The average molecular weight is 516 g/mol. The predicted molar refractivity (Wildman–Crippen MR) is 102 cm³/mol. The Kier molecular flexibility index (Phi) is 7.30. The summed E-state index contributed by atoms with van der Waals surface area (Å²) in [7, 11) is 0. The fourth-order valence-corrected chi connectivity index (χ4v) is 2.99. The van der Waals surface area contributed by atoms with E-state index in [1.807, 2.05) is 0 Å². The first-order chi connectivity index (χ1) is 13.2. The highest BCUT2D eigenvalue weighted by Gasteiger charge is 2.41. The van der Waals surface area contributed by atoms with E-state index in [-0.39, 0.29) is 11.1 Å². The maximum atomic E-state index is 12.3. The Bertz CT molecular complexity index is 852. The Balaban J connectivity index is 2.27. The van der Waals surface area contributed by atoms with E-state index in [0.717, 1.165) is 0 Å². The molecule has 0 aliphatic rings. The number of carboxylic acid groups (broad SMARTS) is 2. The van der Waals surface area contributed by atoms with Crippen LogP contribution in [-0.2, 0) is 19.1 Å². The van der Waals surface area contributed by atoms with E-state index in [0.29, 0.717) is 8.95 Å². The molecular formula is C18H12Br2O8. The molecule has 8 nitrogen and oxygen atoms in total. The second-order valence-electron chi connectivity index (χ2n) is 5.29. The quantitative estimate of drug-likeness (QED) is 0.538. The Morgan fingerprint density at radius 3 is 1.29 bits per heavy atom. The van der Waals surface area contributed by atoms with E-state index in [1.165, 1.54) is 36.4 Å². The van der Waals surface area contributed by atoms with Crippen molar-refractivity contribution >= 4 is 55.7 Å². The molecule has 2 aromatic rings. The lowest BCUT2D eigenvalue weighted by molar-refractivity contribution is -0.166. The third kappa shape index (κ3) is 5.17. The zero-order valence-electron chi connectivity index (χ0n) is 13.9. The molecule has 0 heterocycles. The van der Waals surface area contributed by atoms with Gasteiger partial charge in [0, 0.05) is 8.95 Å². The molecule has 2 rings (SSSR count). The standard InChI is InChI=1S/C18H12Br2O8/c19-11-7-3-1-5-9(11)17(25)27-13(15(21)22)14(16(23)24)28-18(26)10-6-2-4-8-12(10)20/h1-8,13-14H,(H,21,22)(H,23,24)/t13-,14-/m1/s1. The van der Waals surface area contributed by atoms with Gasteiger partial charge in [-0.15, -0.1) is 0 Å². The summed E-state index contributed by atoms with van der Waals surface area (Å²) in [5.41, 5.74) is -0.0370. The van der Waals surface area contributed by atoms with Gasteiger partial charge in [-0.3, -0.25) is 0 Å². The Morgan fingerprint density at radius 2 is 1.00 bits per heavy atom. The first-order valence-electron chi connectivity index (χ1n) is 7.59. The predicted octanol–water partition coefficient (Wildman–Crippen LogP) is 3.13. The van der Waals surface area contributed by atoms with Gasteiger partial charge in [-0.05, 0) is 56.1 Å². The van der Waals surface area contributed by atoms with Crippen molar-refractivity contribution in [2.75, 3.05) is 0 Å². The van der Waals surface area contributed by atoms with Crippen LogP contribution < -0.4 is 0 Å². The molecule has 146 valence electrons. The maximum Gasteiger partial charge on any atom is 0.349 e. The summed E-state index contributed by atoms with van der Waals surface area (Å²) in [6.45, 7) is 0. The van der Waals surface area contributed by atoms with E-state index in [9.17, 15) is 29.4 Å². The molecule has 0 unspecified atom stereocenters. The summed E-state index contributed by atoms with van der Waals surface area (Å²) in [4.78, 5) is 47.6. The molecule has 2 atom stereocenters. The number of ether oxygens (including phenoxy) is 2. The maximum absolute atomic E-state index is 12.3. The molecule has 0 saturated carbocycles. The topological polar surface area (TPSA) is 127 Å². The molecular weight excluding hydrogens is 504 g/mol. The van der Waals surface area contributed by atoms with Crippen LogP contribution in [-0.4, -0.2) is 46.3 Å². The highest BCUT2D eigenvalue weighted by Crippen LogP contribution is 2.21. The van der Waals surface area contributed by atoms with Crippen LogP contribution in [0.2, 0.25) is 0 Å². The third-order valence-electron chi connectivity index (χ3n) is 3.42. The monoisotopic (exact) mass is 514 g/mol. The number of hydrogen-bond donors (Lipinski definition) is 2. The molecule has 0 bridgehead atoms. The van der Waals surface area contributed by atoms with E-state index in [1.54, 1.807) is 12.1 Å². The SMILES string of the molecule is O=C(O[C@@H](C(=O)O)[C@@H](OC(=O)c1ccccc1Br)C(=O)O)c1ccccc1Br. The summed E-state index contributed by atoms with van der Waals surface area (Å²) in [6, 6.07) is 12.0. The van der Waals surface area contributed by atoms with Gasteiger partial charge in [0.2, 0.25) is 12.2 Å². The van der Waals surface area contributed by atoms with Gasteiger partial charge in [-0.2, -0.15) is 0 Å². The average Bonchev–Trinajstić information content (AvgIpc) is 2.64. The number of carbonyl (C=O) groups is 4. The molecule has 0 saturated heterocycles. The number of esters is 2. The van der Waals surface area contributed by atoms with Crippen LogP contribution in [0.15, 0.2) is 57.5 Å². The number of carbonyl (C=O) groups excluding carboxylic acids is 2. The first kappa shape index (κ1) is 21.6. The van der Waals surface area contributed by atoms with Crippen molar-refractivity contribution < 1.29 is 38.9 Å². The lowest BCUT2D eigenvalue weighted by Gasteiger charge is -2.21. The van der Waals surface area contributed by atoms with Crippen LogP contribution in [0.5, 0.6) is 0 Å². The molecule has 0 amide bonds. The fraction of sp³-hybridized carbons (Fsp3) is 0.111. The molecule has 10 heteroatoms. The van der Waals surface area contributed by atoms with Crippen LogP contribution in [0, 0.1) is 0 Å². The summed E-state index contributed by atoms with van der Waals surface area (Å²) in [6.07, 6.45) is -4.52. The van der Waals surface area contributed by atoms with Crippen LogP contribution in [0.1, 0.15) is 20.7 Å². The molecule has 0 aromatic heterocycles. The van der Waals surface area contributed by atoms with Gasteiger partial charge in [0.05, 0.1) is 11.1 Å². The van der Waals surface area contributed by atoms with E-state index >= 15 is 0 Å². The number of aliphatic carboxylic acids is 2. The molecule has 0 fully saturated rings. The van der Waals surface area contributed by atoms with Crippen molar-refractivity contribution in [3.8, 4) is 0 Å². The van der Waals surface area contributed by atoms with Crippen molar-refractivity contribution in [2.24, 2.45) is 0 Å². The number of benzene rings is 2. The number of carboxylic acids is 2. The highest BCUT2D eigenvalue weighted by molar-refractivity contribution is 9.10. The summed E-state index contributed by atoms with van der Waals surface area (Å²) < 4.78 is 10.3. The van der Waals surface area contributed by atoms with Crippen molar-refractivity contribution in [2.45, 2.75) is 12.2 Å². The van der Waals surface area contributed by atoms with Gasteiger partial charge in [0.15, 0.2) is 0 Å². The van der Waals surface area contributed by atoms with E-state index < -0.39 is 36.1 Å². The lowest BCUT2D eigenvalue weighted by atomic mass is 10.1. The van der Waals surface area contributed by atoms with Crippen molar-refractivity contribution in [1.82, 2.24) is 0 Å². The Morgan fingerprint density at radius 1 is 0.679 bits per heavy atom. The number of rotatable bonds is 7. The highest BCUT2D eigenvalue weighted by atomic mass is 79.9. The van der Waals surface area contributed by atoms with Gasteiger partial charge < -0.3 is 19.7 Å². The van der Waals surface area contributed by atoms with Crippen LogP contribution >= 0.6 is 31.9 Å². The second kappa shape index (κ2) is 9.47. The van der Waals surface area contributed by atoms with Gasteiger partial charge in [0.25, 0.3) is 0 Å². The normalized spacial score (nSPS) is 12.5. The second-order valence-corrected chi connectivity index (χ2v) is 7.00. The fourth-order valence-electron chi connectivity index (χ4n) is 2.09. The minimum atomic E-state index is -2.26. The van der Waals surface area contributed by atoms with Gasteiger partial charge in [-0.25, -0.2) is 19.2 Å². The molecule has 0 radical (unpaired) electrons. The third-order valence-corrected chi connectivity index (χ3v) is 4.80. The summed E-state index contributed by atoms with van der Waals surface area (Å²) in [5.74, 6) is -5.76. The number of halogens is 2. The van der Waals surface area contributed by atoms with Gasteiger partial charge in [0.1, 0.15) is 0 Å². The zero-order valence-corrected chi connectivity index (χ0v) is 17.0. The molecule has 0 spiro atoms. The first-order valence-corrected chi connectivity index (χ1v) is 9.17. The van der Waals surface area contributed by atoms with Crippen LogP contribution in [0.4, 0.5) is 0 Å². The van der Waals surface area contributed by atoms with Crippen molar-refractivity contribution in [3.63, 3.8) is 0 Å². The molecule has 2 N–H and O–H groups in total. The molecule has 28 heavy (non-hydrogen) atoms. The van der Waals surface area contributed by atoms with Gasteiger partial charge in [-0.1, -0.05) is 24.3 Å². The van der Waals surface area contributed by atoms with Gasteiger partial charge >= 0.3 is 23.9 Å². The molecule has 2 aromatic carbocycles. The van der Waals surface area contributed by atoms with Crippen molar-refractivity contribution in [1.29, 1.82) is 0 Å². The van der Waals surface area contributed by atoms with E-state index in [4.69, 9.17) is 9.47 Å². The largest absolute Gasteiger partial charge is 0.478 e. The Hall–Kier alpha value is -2.72.